The van der Waals surface area contributed by atoms with Crippen molar-refractivity contribution in [3.8, 4) is 0 Å². The van der Waals surface area contributed by atoms with Crippen LogP contribution in [-0.2, 0) is 16.1 Å². The average Bonchev–Trinajstić information content (AvgIpc) is 2.67. The Morgan fingerprint density at radius 3 is 1.93 bits per heavy atom. The van der Waals surface area contributed by atoms with Crippen molar-refractivity contribution in [1.82, 2.24) is 4.90 Å². The van der Waals surface area contributed by atoms with Gasteiger partial charge in [-0.25, -0.2) is 0 Å². The van der Waals surface area contributed by atoms with Crippen molar-refractivity contribution in [2.24, 2.45) is 0 Å². The van der Waals surface area contributed by atoms with Crippen LogP contribution in [0.5, 0.6) is 0 Å². The fraction of sp³-hybridized carbons (Fsp3) is 0.238. The van der Waals surface area contributed by atoms with Crippen LogP contribution >= 0.6 is 11.8 Å². The van der Waals surface area contributed by atoms with Gasteiger partial charge in [-0.05, 0) is 49.0 Å². The maximum absolute atomic E-state index is 9.41. The Bertz CT molecular complexity index is 727. The summed E-state index contributed by atoms with van der Waals surface area (Å²) in [5.41, 5.74) is 1.42. The number of carboxylic acid groups (broad SMARTS) is 2. The number of carbonyl (C=O) groups excluding carboxylic acids is 2. The Morgan fingerprint density at radius 2 is 1.41 bits per heavy atom. The van der Waals surface area contributed by atoms with E-state index in [1.807, 2.05) is 11.8 Å². The van der Waals surface area contributed by atoms with E-state index >= 15 is 0 Å². The molecule has 0 saturated heterocycles. The molecule has 6 heteroatoms. The van der Waals surface area contributed by atoms with Gasteiger partial charge in [0.1, 0.15) is 0 Å². The van der Waals surface area contributed by atoms with Gasteiger partial charge in [0.15, 0.2) is 0 Å². The smallest absolute Gasteiger partial charge is 0.0643 e. The molecule has 0 unspecified atom stereocenters. The minimum Gasteiger partial charge on any atom is -0.545 e. The molecule has 0 aliphatic rings. The number of rotatable bonds is 8. The van der Waals surface area contributed by atoms with E-state index < -0.39 is 11.9 Å². The van der Waals surface area contributed by atoms with Crippen LogP contribution in [-0.4, -0.2) is 29.9 Å². The topological polar surface area (TPSA) is 83.5 Å². The third-order valence-corrected chi connectivity index (χ3v) is 4.71. The normalized spacial score (nSPS) is 10.5. The second-order valence-electron chi connectivity index (χ2n) is 5.46. The van der Waals surface area contributed by atoms with Gasteiger partial charge in [-0.1, -0.05) is 62.0 Å². The van der Waals surface area contributed by atoms with Gasteiger partial charge in [0.2, 0.25) is 0 Å². The lowest BCUT2D eigenvalue weighted by atomic mass is 10.2. The molecule has 0 amide bonds. The Labute approximate surface area is 164 Å². The second-order valence-corrected chi connectivity index (χ2v) is 6.57. The molecule has 0 heterocycles. The van der Waals surface area contributed by atoms with Crippen LogP contribution in [0.1, 0.15) is 19.4 Å². The zero-order valence-corrected chi connectivity index (χ0v) is 16.3. The molecule has 0 N–H and O–H groups in total. The summed E-state index contributed by atoms with van der Waals surface area (Å²) in [5.74, 6) is -3.09. The van der Waals surface area contributed by atoms with Gasteiger partial charge >= 0.3 is 0 Å². The molecule has 2 rings (SSSR count). The average molecular weight is 385 g/mol. The molecule has 0 aliphatic carbocycles. The van der Waals surface area contributed by atoms with E-state index in [9.17, 15) is 19.8 Å². The predicted octanol–water partition coefficient (Wildman–Crippen LogP) is 1.72. The molecule has 0 atom stereocenters. The van der Waals surface area contributed by atoms with Crippen LogP contribution in [0.3, 0.4) is 0 Å². The SMILES string of the molecule is CCN(CC)Cc1ccccc1Sc1ccccc1.O=C([O-])/C=C\C(=O)[O-]. The third-order valence-electron chi connectivity index (χ3n) is 3.59. The standard InChI is InChI=1S/C17H21NS.C4H4O4/c1-3-18(4-2)14-15-10-8-9-13-17(15)19-16-11-6-5-7-12-16;5-3(6)1-2-4(7)8/h5-13H,3-4,14H2,1-2H3;1-2H,(H,5,6)(H,7,8)/p-2/b;2-1-. The molecular formula is C21H23NO4S-2. The van der Waals surface area contributed by atoms with Crippen molar-refractivity contribution in [2.75, 3.05) is 13.1 Å². The minimum absolute atomic E-state index is 0.384. The Hall–Kier alpha value is -2.57. The number of aliphatic carboxylic acids is 2. The van der Waals surface area contributed by atoms with E-state index in [0.717, 1.165) is 19.6 Å². The summed E-state index contributed by atoms with van der Waals surface area (Å²) in [6, 6.07) is 19.3. The van der Waals surface area contributed by atoms with E-state index in [-0.39, 0.29) is 0 Å². The molecule has 0 spiro atoms. The zero-order valence-electron chi connectivity index (χ0n) is 15.5. The van der Waals surface area contributed by atoms with Crippen molar-refractivity contribution in [2.45, 2.75) is 30.2 Å². The molecule has 2 aromatic carbocycles. The van der Waals surface area contributed by atoms with Gasteiger partial charge in [-0.3, -0.25) is 4.90 Å². The lowest BCUT2D eigenvalue weighted by Crippen LogP contribution is -2.23. The molecule has 0 aromatic heterocycles. The van der Waals surface area contributed by atoms with Crippen LogP contribution in [0.25, 0.3) is 0 Å². The van der Waals surface area contributed by atoms with Gasteiger partial charge in [-0.2, -0.15) is 0 Å². The highest BCUT2D eigenvalue weighted by Gasteiger charge is 2.07. The predicted molar refractivity (Wildman–Crippen MR) is 103 cm³/mol. The van der Waals surface area contributed by atoms with Crippen molar-refractivity contribution in [3.63, 3.8) is 0 Å². The summed E-state index contributed by atoms with van der Waals surface area (Å²) in [6.45, 7) is 7.66. The van der Waals surface area contributed by atoms with Crippen molar-refractivity contribution in [1.29, 1.82) is 0 Å². The highest BCUT2D eigenvalue weighted by atomic mass is 32.2. The molecule has 144 valence electrons. The largest absolute Gasteiger partial charge is 0.545 e. The molecule has 0 saturated carbocycles. The van der Waals surface area contributed by atoms with Crippen LogP contribution in [0.2, 0.25) is 0 Å². The first kappa shape index (κ1) is 22.5. The lowest BCUT2D eigenvalue weighted by Gasteiger charge is -2.19. The molecule has 0 aliphatic heterocycles. The summed E-state index contributed by atoms with van der Waals surface area (Å²) in [7, 11) is 0. The quantitative estimate of drug-likeness (QED) is 0.644. The van der Waals surface area contributed by atoms with Crippen LogP contribution < -0.4 is 10.2 Å². The van der Waals surface area contributed by atoms with Crippen LogP contribution in [0, 0.1) is 0 Å². The first-order chi connectivity index (χ1) is 13.0. The van der Waals surface area contributed by atoms with E-state index in [2.05, 4.69) is 73.3 Å². The first-order valence-corrected chi connectivity index (χ1v) is 9.41. The summed E-state index contributed by atoms with van der Waals surface area (Å²) < 4.78 is 0. The monoisotopic (exact) mass is 385 g/mol. The maximum atomic E-state index is 9.41. The molecule has 0 bridgehead atoms. The zero-order chi connectivity index (χ0) is 20.1. The number of hydrogen-bond acceptors (Lipinski definition) is 6. The van der Waals surface area contributed by atoms with Crippen molar-refractivity contribution < 1.29 is 19.8 Å². The number of carbonyl (C=O) groups is 2. The van der Waals surface area contributed by atoms with E-state index in [0.29, 0.717) is 12.2 Å². The van der Waals surface area contributed by atoms with Gasteiger partial charge in [0.25, 0.3) is 0 Å². The van der Waals surface area contributed by atoms with E-state index in [1.54, 1.807) is 0 Å². The molecular weight excluding hydrogens is 362 g/mol. The number of carboxylic acids is 2. The molecule has 27 heavy (non-hydrogen) atoms. The van der Waals surface area contributed by atoms with Crippen molar-refractivity contribution in [3.05, 3.63) is 72.3 Å². The van der Waals surface area contributed by atoms with Crippen LogP contribution in [0.15, 0.2) is 76.5 Å². The summed E-state index contributed by atoms with van der Waals surface area (Å²) in [4.78, 5) is 23.9. The van der Waals surface area contributed by atoms with Gasteiger partial charge < -0.3 is 19.8 Å². The number of benzene rings is 2. The molecule has 5 nitrogen and oxygen atoms in total. The van der Waals surface area contributed by atoms with Gasteiger partial charge in [0, 0.05) is 16.3 Å². The summed E-state index contributed by atoms with van der Waals surface area (Å²) in [5, 5.41) is 18.8. The number of nitrogens with zero attached hydrogens (tertiary/aromatic N) is 1. The van der Waals surface area contributed by atoms with Crippen LogP contribution in [0.4, 0.5) is 0 Å². The maximum Gasteiger partial charge on any atom is 0.0643 e. The Balaban J connectivity index is 0.000000387. The number of hydrogen-bond donors (Lipinski definition) is 0. The highest BCUT2D eigenvalue weighted by molar-refractivity contribution is 7.99. The molecule has 0 radical (unpaired) electrons. The van der Waals surface area contributed by atoms with Crippen molar-refractivity contribution >= 4 is 23.7 Å². The highest BCUT2D eigenvalue weighted by Crippen LogP contribution is 2.30. The third kappa shape index (κ3) is 9.63. The Morgan fingerprint density at radius 1 is 0.889 bits per heavy atom. The molecule has 2 aromatic rings. The second kappa shape index (κ2) is 12.7. The summed E-state index contributed by atoms with van der Waals surface area (Å²) in [6.07, 6.45) is 0.769. The first-order valence-electron chi connectivity index (χ1n) is 8.59. The lowest BCUT2D eigenvalue weighted by molar-refractivity contribution is -0.301. The summed E-state index contributed by atoms with van der Waals surface area (Å²) >= 11 is 1.85. The fourth-order valence-electron chi connectivity index (χ4n) is 2.17. The van der Waals surface area contributed by atoms with Gasteiger partial charge in [0.05, 0.1) is 11.9 Å². The minimum atomic E-state index is -1.55. The fourth-order valence-corrected chi connectivity index (χ4v) is 3.13. The van der Waals surface area contributed by atoms with E-state index in [1.165, 1.54) is 15.4 Å². The Kier molecular flexibility index (Phi) is 10.6. The van der Waals surface area contributed by atoms with E-state index in [4.69, 9.17) is 0 Å². The van der Waals surface area contributed by atoms with Gasteiger partial charge in [-0.15, -0.1) is 0 Å². The molecule has 0 fully saturated rings.